The third-order valence-corrected chi connectivity index (χ3v) is 16.7. The van der Waals surface area contributed by atoms with Gasteiger partial charge in [-0.3, -0.25) is 72.3 Å². The quantitative estimate of drug-likeness (QED) is 0.0127. The predicted octanol–water partition coefficient (Wildman–Crippen LogP) is -7.47. The topological polar surface area (TPSA) is 631 Å². The number of rotatable bonds is 43. The molecule has 0 aliphatic carbocycles. The lowest BCUT2D eigenvalue weighted by molar-refractivity contribution is -0.143. The normalized spacial score (nSPS) is 16.9. The average Bonchev–Trinajstić information content (AvgIpc) is 1.71. The van der Waals surface area contributed by atoms with E-state index in [0.29, 0.717) is 29.3 Å². The Morgan fingerprint density at radius 2 is 1.05 bits per heavy atom. The first-order valence-corrected chi connectivity index (χ1v) is 33.2. The second-order valence-corrected chi connectivity index (χ2v) is 24.1. The molecule has 38 nitrogen and oxygen atoms in total. The van der Waals surface area contributed by atoms with Gasteiger partial charge < -0.3 is 117 Å². The number of guanidine groups is 2. The molecule has 2 saturated heterocycles. The van der Waals surface area contributed by atoms with Crippen molar-refractivity contribution in [3.05, 3.63) is 36.0 Å². The van der Waals surface area contributed by atoms with Gasteiger partial charge in [0, 0.05) is 67.6 Å². The number of hydrogen-bond donors (Lipinski definition) is 22. The van der Waals surface area contributed by atoms with E-state index in [-0.39, 0.29) is 120 Å². The van der Waals surface area contributed by atoms with E-state index in [0.717, 1.165) is 0 Å². The van der Waals surface area contributed by atoms with Crippen molar-refractivity contribution >= 4 is 131 Å². The third-order valence-electron chi connectivity index (χ3n) is 16.0. The first-order valence-electron chi connectivity index (χ1n) is 31.9. The Bertz CT molecular complexity index is 3240. The monoisotopic (exact) mass is 1430 g/mol. The number of nitrogens with zero attached hydrogens (tertiary/aromatic N) is 4. The van der Waals surface area contributed by atoms with Gasteiger partial charge in [-0.15, -0.1) is 0 Å². The number of H-pyrrole nitrogens is 1. The van der Waals surface area contributed by atoms with Gasteiger partial charge in [-0.2, -0.15) is 25.3 Å². The first-order chi connectivity index (χ1) is 47.0. The van der Waals surface area contributed by atoms with Crippen LogP contribution in [0.1, 0.15) is 95.5 Å². The Morgan fingerprint density at radius 1 is 0.566 bits per heavy atom. The van der Waals surface area contributed by atoms with Crippen molar-refractivity contribution in [2.24, 2.45) is 44.4 Å². The summed E-state index contributed by atoms with van der Waals surface area (Å²) in [4.78, 5) is 202. The number of thiol groups is 2. The van der Waals surface area contributed by atoms with Crippen LogP contribution in [0, 0.1) is 0 Å². The van der Waals surface area contributed by atoms with Gasteiger partial charge >= 0.3 is 17.9 Å². The van der Waals surface area contributed by atoms with Gasteiger partial charge in [0.1, 0.15) is 60.4 Å². The molecule has 2 aliphatic rings. The minimum absolute atomic E-state index is 0.0116. The van der Waals surface area contributed by atoms with E-state index in [2.05, 4.69) is 88.1 Å². The lowest BCUT2D eigenvalue weighted by atomic mass is 10.0. The number of aliphatic hydroxyl groups excluding tert-OH is 1. The Morgan fingerprint density at radius 3 is 1.56 bits per heavy atom. The van der Waals surface area contributed by atoms with Crippen LogP contribution < -0.4 is 82.3 Å². The van der Waals surface area contributed by atoms with E-state index in [4.69, 9.17) is 34.4 Å². The number of benzene rings is 1. The average molecular weight is 1430 g/mol. The van der Waals surface area contributed by atoms with Crippen molar-refractivity contribution in [1.82, 2.24) is 62.6 Å². The number of aliphatic hydroxyl groups is 1. The van der Waals surface area contributed by atoms with Gasteiger partial charge in [-0.1, -0.05) is 18.2 Å². The van der Waals surface area contributed by atoms with Gasteiger partial charge in [-0.25, -0.2) is 4.79 Å². The van der Waals surface area contributed by atoms with E-state index in [9.17, 15) is 87.5 Å². The van der Waals surface area contributed by atoms with Crippen LogP contribution in [0.2, 0.25) is 0 Å². The molecule has 40 heteroatoms. The molecule has 4 rings (SSSR count). The Balaban J connectivity index is 1.52. The fourth-order valence-electron chi connectivity index (χ4n) is 10.9. The summed E-state index contributed by atoms with van der Waals surface area (Å²) in [6, 6.07) is -9.24. The van der Waals surface area contributed by atoms with Crippen LogP contribution in [0.4, 0.5) is 0 Å². The number of unbranched alkanes of at least 4 members (excludes halogenated alkanes) is 1. The largest absolute Gasteiger partial charge is 0.481 e. The van der Waals surface area contributed by atoms with Gasteiger partial charge in [0.05, 0.1) is 25.6 Å². The number of aromatic nitrogens is 1. The molecule has 26 N–H and O–H groups in total. The second-order valence-electron chi connectivity index (χ2n) is 23.4. The Hall–Kier alpha value is -9.54. The minimum atomic E-state index is -1.98. The van der Waals surface area contributed by atoms with Crippen molar-refractivity contribution < 1.29 is 87.5 Å². The zero-order chi connectivity index (χ0) is 73.5. The molecule has 1 aromatic carbocycles. The van der Waals surface area contributed by atoms with Gasteiger partial charge in [0.2, 0.25) is 65.0 Å². The minimum Gasteiger partial charge on any atom is -0.481 e. The molecular weight excluding hydrogens is 1340 g/mol. The number of aliphatic carboxylic acids is 3. The van der Waals surface area contributed by atoms with Crippen molar-refractivity contribution in [1.29, 1.82) is 0 Å². The van der Waals surface area contributed by atoms with Gasteiger partial charge in [0.25, 0.3) is 0 Å². The summed E-state index contributed by atoms with van der Waals surface area (Å²) >= 11 is 8.05. The van der Waals surface area contributed by atoms with Gasteiger partial charge in [0.15, 0.2) is 11.9 Å². The summed E-state index contributed by atoms with van der Waals surface area (Å²) in [6.07, 6.45) is 0.183. The molecule has 11 amide bonds. The molecule has 0 saturated carbocycles. The number of likely N-dealkylation sites (tertiary alicyclic amines) is 2. The van der Waals surface area contributed by atoms with Crippen LogP contribution >= 0.6 is 25.3 Å². The zero-order valence-electron chi connectivity index (χ0n) is 54.4. The summed E-state index contributed by atoms with van der Waals surface area (Å²) in [5, 5.41) is 61.8. The highest BCUT2D eigenvalue weighted by atomic mass is 32.1. The highest BCUT2D eigenvalue weighted by molar-refractivity contribution is 7.80. The number of nitrogens with one attached hydrogen (secondary N) is 10. The van der Waals surface area contributed by atoms with E-state index >= 15 is 0 Å². The molecule has 99 heavy (non-hydrogen) atoms. The Kier molecular flexibility index (Phi) is 34.5. The van der Waals surface area contributed by atoms with Crippen LogP contribution in [0.5, 0.6) is 0 Å². The highest BCUT2D eigenvalue weighted by Gasteiger charge is 2.42. The summed E-state index contributed by atoms with van der Waals surface area (Å²) < 4.78 is 0. The molecule has 548 valence electrons. The number of carbonyl (C=O) groups is 14. The maximum absolute atomic E-state index is 14.8. The number of aromatic amines is 1. The standard InChI is InChI=1S/C59H92N20O18S2/c60-18-4-3-11-34(47(86)71-36(13-6-20-67-59(64)65)49(88)77-41(29-99)57(96)97)72-51(90)38(24-46(84)85)75-48(87)35(12-5-19-66-58(62)63)73-52(91)40(27-80)70-44(81)26-69-53(92)42-14-7-22-79(42)56(95)39(23-30-25-68-33-10-2-1-9-31(30)33)76-50(89)37(16-17-45(82)83)74-54(93)43-15-8-21-78(43)55(94)32(61)28-98/h1-2,9-10,25,32,34-43,68,80,98-99H,3-8,11-24,26-29,60-61H2,(H,69,92)(H,70,81)(H,71,86)(H,72,90)(H,73,91)(H,74,93)(H,75,87)(H,76,89)(H,77,88)(H,82,83)(H,84,85)(H,96,97)(H4,62,63,66)(H4,64,65,67)/t32-,34-,35-,36-,37-,38-,39-,40-,41-,42-,43-/m0/s1. The number of carbonyl (C=O) groups excluding carboxylic acids is 11. The van der Waals surface area contributed by atoms with E-state index in [1.807, 2.05) is 0 Å². The molecule has 0 unspecified atom stereocenters. The molecule has 0 bridgehead atoms. The molecule has 3 heterocycles. The van der Waals surface area contributed by atoms with Crippen LogP contribution in [-0.2, 0) is 73.5 Å². The lowest BCUT2D eigenvalue weighted by Crippen LogP contribution is -2.60. The molecule has 1 aromatic heterocycles. The van der Waals surface area contributed by atoms with Crippen LogP contribution in [0.15, 0.2) is 40.4 Å². The van der Waals surface area contributed by atoms with Crippen molar-refractivity contribution in [2.75, 3.05) is 57.4 Å². The molecule has 2 fully saturated rings. The number of aliphatic imine (C=N–C) groups is 2. The maximum Gasteiger partial charge on any atom is 0.327 e. The summed E-state index contributed by atoms with van der Waals surface area (Å²) in [5.74, 6) is -15.9. The molecular formula is C59H92N20O18S2. The Labute approximate surface area is 579 Å². The molecule has 2 aliphatic heterocycles. The number of amides is 11. The number of para-hydroxylation sites is 1. The summed E-state index contributed by atoms with van der Waals surface area (Å²) in [7, 11) is 0. The molecule has 0 radical (unpaired) electrons. The zero-order valence-corrected chi connectivity index (χ0v) is 56.1. The smallest absolute Gasteiger partial charge is 0.327 e. The maximum atomic E-state index is 14.8. The van der Waals surface area contributed by atoms with Crippen LogP contribution in [0.25, 0.3) is 10.9 Å². The van der Waals surface area contributed by atoms with Crippen LogP contribution in [0.3, 0.4) is 0 Å². The highest BCUT2D eigenvalue weighted by Crippen LogP contribution is 2.24. The molecule has 11 atom stereocenters. The van der Waals surface area contributed by atoms with Crippen molar-refractivity contribution in [3.8, 4) is 0 Å². The fourth-order valence-corrected chi connectivity index (χ4v) is 11.3. The van der Waals surface area contributed by atoms with Crippen molar-refractivity contribution in [3.63, 3.8) is 0 Å². The SMILES string of the molecule is NCCCC[C@H](NC(=O)[C@H](CC(=O)O)NC(=O)[C@H](CCCN=C(N)N)NC(=O)[C@H](CO)NC(=O)CNC(=O)[C@@H]1CCCN1C(=O)[C@H](Cc1c[nH]c2ccccc12)NC(=O)[C@H](CCC(=O)O)NC(=O)[C@@H]1CCCN1C(=O)[C@@H](N)CS)C(=O)N[C@@H](CCCN=C(N)N)C(=O)N[C@@H](CS)C(=O)O. The number of hydrogen-bond acceptors (Lipinski definition) is 21. The summed E-state index contributed by atoms with van der Waals surface area (Å²) in [5.41, 5.74) is 34.6. The van der Waals surface area contributed by atoms with E-state index in [1.54, 1.807) is 30.5 Å². The van der Waals surface area contributed by atoms with Gasteiger partial charge in [-0.05, 0) is 95.2 Å². The predicted molar refractivity (Wildman–Crippen MR) is 362 cm³/mol. The van der Waals surface area contributed by atoms with Crippen molar-refractivity contribution in [2.45, 2.75) is 163 Å². The second kappa shape index (κ2) is 41.7. The number of fused-ring (bicyclic) bond motifs is 1. The number of carboxylic acids is 3. The van der Waals surface area contributed by atoms with Crippen LogP contribution in [-0.4, -0.2) is 254 Å². The first kappa shape index (κ1) is 81.9. The summed E-state index contributed by atoms with van der Waals surface area (Å²) in [6.45, 7) is -1.80. The lowest BCUT2D eigenvalue weighted by Gasteiger charge is -2.31. The third kappa shape index (κ3) is 26.7. The number of nitrogens with two attached hydrogens (primary N) is 6. The fraction of sp³-hybridized carbons (Fsp3) is 0.593. The number of carboxylic acid groups (broad SMARTS) is 3. The molecule has 2 aromatic rings. The molecule has 0 spiro atoms. The van der Waals surface area contributed by atoms with E-state index in [1.165, 1.54) is 9.80 Å². The van der Waals surface area contributed by atoms with E-state index < -0.39 is 182 Å².